The fourth-order valence-electron chi connectivity index (χ4n) is 3.10. The Balaban J connectivity index is 1.86. The number of aromatic nitrogens is 2. The van der Waals surface area contributed by atoms with Crippen LogP contribution in [0.1, 0.15) is 31.5 Å². The van der Waals surface area contributed by atoms with Crippen molar-refractivity contribution < 1.29 is 8.42 Å². The van der Waals surface area contributed by atoms with Crippen LogP contribution in [-0.2, 0) is 16.6 Å². The number of sulfonamides is 1. The van der Waals surface area contributed by atoms with E-state index in [1.54, 1.807) is 28.7 Å². The van der Waals surface area contributed by atoms with Crippen molar-refractivity contribution in [3.8, 4) is 0 Å². The standard InChI is InChI=1S/C16H20ClN3O2S/c1-2-19-10-8-18-16(19)13-5-4-9-20(12-13)23(21,22)15-7-3-6-14(17)11-15/h3,6-8,10-11,13H,2,4-5,9,12H2,1H3/t13-/m0/s1. The van der Waals surface area contributed by atoms with Crippen LogP contribution in [0.3, 0.4) is 0 Å². The zero-order valence-electron chi connectivity index (χ0n) is 13.0. The van der Waals surface area contributed by atoms with Crippen molar-refractivity contribution in [2.24, 2.45) is 0 Å². The first kappa shape index (κ1) is 16.5. The third kappa shape index (κ3) is 3.29. The van der Waals surface area contributed by atoms with Gasteiger partial charge < -0.3 is 4.57 Å². The van der Waals surface area contributed by atoms with E-state index in [4.69, 9.17) is 11.6 Å². The summed E-state index contributed by atoms with van der Waals surface area (Å²) in [7, 11) is -3.52. The van der Waals surface area contributed by atoms with E-state index >= 15 is 0 Å². The monoisotopic (exact) mass is 353 g/mol. The number of piperidine rings is 1. The van der Waals surface area contributed by atoms with Crippen LogP contribution < -0.4 is 0 Å². The summed E-state index contributed by atoms with van der Waals surface area (Å²) in [5, 5.41) is 0.432. The Kier molecular flexibility index (Phi) is 4.75. The van der Waals surface area contributed by atoms with Crippen molar-refractivity contribution >= 4 is 21.6 Å². The first-order valence-corrected chi connectivity index (χ1v) is 9.61. The van der Waals surface area contributed by atoms with Crippen LogP contribution in [0.4, 0.5) is 0 Å². The molecule has 0 spiro atoms. The van der Waals surface area contributed by atoms with Gasteiger partial charge in [0, 0.05) is 43.0 Å². The van der Waals surface area contributed by atoms with Gasteiger partial charge in [-0.15, -0.1) is 0 Å². The Labute approximate surface area is 141 Å². The Morgan fingerprint density at radius 3 is 2.96 bits per heavy atom. The lowest BCUT2D eigenvalue weighted by Crippen LogP contribution is -2.39. The minimum Gasteiger partial charge on any atom is -0.335 e. The number of hydrogen-bond acceptors (Lipinski definition) is 3. The Hall–Kier alpha value is -1.37. The van der Waals surface area contributed by atoms with Crippen LogP contribution >= 0.6 is 11.6 Å². The molecular formula is C16H20ClN3O2S. The molecule has 3 rings (SSSR count). The van der Waals surface area contributed by atoms with Gasteiger partial charge in [-0.2, -0.15) is 4.31 Å². The molecule has 0 unspecified atom stereocenters. The predicted octanol–water partition coefficient (Wildman–Crippen LogP) is 3.12. The second-order valence-electron chi connectivity index (χ2n) is 5.73. The van der Waals surface area contributed by atoms with Crippen molar-refractivity contribution in [3.05, 3.63) is 47.5 Å². The summed E-state index contributed by atoms with van der Waals surface area (Å²) in [6.07, 6.45) is 5.52. The molecule has 5 nitrogen and oxygen atoms in total. The number of aryl methyl sites for hydroxylation is 1. The second kappa shape index (κ2) is 6.63. The summed E-state index contributed by atoms with van der Waals surface area (Å²) in [5.74, 6) is 1.10. The van der Waals surface area contributed by atoms with Crippen LogP contribution in [0, 0.1) is 0 Å². The fraction of sp³-hybridized carbons (Fsp3) is 0.438. The molecule has 1 fully saturated rings. The lowest BCUT2D eigenvalue weighted by Gasteiger charge is -2.31. The van der Waals surface area contributed by atoms with E-state index in [9.17, 15) is 8.42 Å². The number of rotatable bonds is 4. The molecule has 0 radical (unpaired) electrons. The summed E-state index contributed by atoms with van der Waals surface area (Å²) in [6.45, 7) is 3.91. The Morgan fingerprint density at radius 1 is 1.39 bits per heavy atom. The van der Waals surface area contributed by atoms with Gasteiger partial charge in [0.15, 0.2) is 0 Å². The lowest BCUT2D eigenvalue weighted by atomic mass is 9.99. The molecule has 1 aromatic carbocycles. The molecule has 1 aromatic heterocycles. The SMILES string of the molecule is CCn1ccnc1[C@H]1CCCN(S(=O)(=O)c2cccc(Cl)c2)C1. The zero-order chi connectivity index (χ0) is 16.4. The van der Waals surface area contributed by atoms with Gasteiger partial charge in [0.1, 0.15) is 5.82 Å². The highest BCUT2D eigenvalue weighted by molar-refractivity contribution is 7.89. The van der Waals surface area contributed by atoms with Gasteiger partial charge in [-0.3, -0.25) is 0 Å². The number of benzene rings is 1. The summed E-state index contributed by atoms with van der Waals surface area (Å²) in [5.41, 5.74) is 0. The Morgan fingerprint density at radius 2 is 2.22 bits per heavy atom. The van der Waals surface area contributed by atoms with Crippen molar-refractivity contribution in [1.29, 1.82) is 0 Å². The maximum absolute atomic E-state index is 12.8. The third-order valence-corrected chi connectivity index (χ3v) is 6.37. The zero-order valence-corrected chi connectivity index (χ0v) is 14.6. The van der Waals surface area contributed by atoms with Gasteiger partial charge in [-0.05, 0) is 38.0 Å². The molecule has 1 aliphatic rings. The van der Waals surface area contributed by atoms with Crippen molar-refractivity contribution in [1.82, 2.24) is 13.9 Å². The molecule has 0 amide bonds. The minimum atomic E-state index is -3.52. The van der Waals surface area contributed by atoms with E-state index in [1.807, 2.05) is 6.20 Å². The van der Waals surface area contributed by atoms with Gasteiger partial charge in [-0.1, -0.05) is 17.7 Å². The average Bonchev–Trinajstić information content (AvgIpc) is 3.03. The molecule has 1 saturated heterocycles. The molecule has 1 atom stereocenters. The van der Waals surface area contributed by atoms with Crippen molar-refractivity contribution in [2.45, 2.75) is 37.1 Å². The highest BCUT2D eigenvalue weighted by Gasteiger charge is 2.32. The van der Waals surface area contributed by atoms with Crippen LogP contribution in [0.15, 0.2) is 41.6 Å². The molecule has 23 heavy (non-hydrogen) atoms. The summed E-state index contributed by atoms with van der Waals surface area (Å²) in [6, 6.07) is 6.45. The molecule has 0 N–H and O–H groups in total. The summed E-state index contributed by atoms with van der Waals surface area (Å²) >= 11 is 5.94. The van der Waals surface area contributed by atoms with Crippen LogP contribution in [0.5, 0.6) is 0 Å². The number of imidazole rings is 1. The maximum Gasteiger partial charge on any atom is 0.243 e. The number of nitrogens with zero attached hydrogens (tertiary/aromatic N) is 3. The first-order valence-electron chi connectivity index (χ1n) is 7.79. The van der Waals surface area contributed by atoms with Gasteiger partial charge in [0.2, 0.25) is 10.0 Å². The second-order valence-corrected chi connectivity index (χ2v) is 8.11. The molecule has 0 saturated carbocycles. The highest BCUT2D eigenvalue weighted by Crippen LogP contribution is 2.30. The smallest absolute Gasteiger partial charge is 0.243 e. The molecular weight excluding hydrogens is 334 g/mol. The van der Waals surface area contributed by atoms with Crippen molar-refractivity contribution in [3.63, 3.8) is 0 Å². The number of hydrogen-bond donors (Lipinski definition) is 0. The average molecular weight is 354 g/mol. The summed E-state index contributed by atoms with van der Waals surface area (Å²) < 4.78 is 29.3. The van der Waals surface area contributed by atoms with E-state index in [0.29, 0.717) is 18.1 Å². The van der Waals surface area contributed by atoms with E-state index in [-0.39, 0.29) is 10.8 Å². The molecule has 2 heterocycles. The van der Waals surface area contributed by atoms with Gasteiger partial charge in [0.05, 0.1) is 4.90 Å². The molecule has 7 heteroatoms. The van der Waals surface area contributed by atoms with E-state index < -0.39 is 10.0 Å². The molecule has 2 aromatic rings. The first-order chi connectivity index (χ1) is 11.0. The minimum absolute atomic E-state index is 0.132. The molecule has 0 aliphatic carbocycles. The third-order valence-electron chi connectivity index (χ3n) is 4.27. The van der Waals surface area contributed by atoms with Gasteiger partial charge in [0.25, 0.3) is 0 Å². The van der Waals surface area contributed by atoms with Gasteiger partial charge >= 0.3 is 0 Å². The van der Waals surface area contributed by atoms with E-state index in [0.717, 1.165) is 25.2 Å². The van der Waals surface area contributed by atoms with Crippen LogP contribution in [-0.4, -0.2) is 35.4 Å². The van der Waals surface area contributed by atoms with Crippen LogP contribution in [0.25, 0.3) is 0 Å². The molecule has 124 valence electrons. The number of halogens is 1. The van der Waals surface area contributed by atoms with Crippen molar-refractivity contribution in [2.75, 3.05) is 13.1 Å². The molecule has 1 aliphatic heterocycles. The van der Waals surface area contributed by atoms with E-state index in [1.165, 1.54) is 6.07 Å². The lowest BCUT2D eigenvalue weighted by molar-refractivity contribution is 0.305. The summed E-state index contributed by atoms with van der Waals surface area (Å²) in [4.78, 5) is 4.69. The Bertz CT molecular complexity index is 788. The fourth-order valence-corrected chi connectivity index (χ4v) is 4.92. The normalized spacial score (nSPS) is 19.8. The highest BCUT2D eigenvalue weighted by atomic mass is 35.5. The van der Waals surface area contributed by atoms with E-state index in [2.05, 4.69) is 16.5 Å². The van der Waals surface area contributed by atoms with Gasteiger partial charge in [-0.25, -0.2) is 13.4 Å². The largest absolute Gasteiger partial charge is 0.335 e. The maximum atomic E-state index is 12.8. The predicted molar refractivity (Wildman–Crippen MR) is 90.1 cm³/mol. The van der Waals surface area contributed by atoms with Crippen LogP contribution in [0.2, 0.25) is 5.02 Å². The molecule has 0 bridgehead atoms. The quantitative estimate of drug-likeness (QED) is 0.848. The topological polar surface area (TPSA) is 55.2 Å².